The Hall–Kier alpha value is -1.85. The predicted octanol–water partition coefficient (Wildman–Crippen LogP) is 0.0772. The lowest BCUT2D eigenvalue weighted by Gasteiger charge is -1.95. The summed E-state index contributed by atoms with van der Waals surface area (Å²) in [6.07, 6.45) is 1.18. The summed E-state index contributed by atoms with van der Waals surface area (Å²) in [5.74, 6) is -1.09. The van der Waals surface area contributed by atoms with Crippen LogP contribution in [0.5, 0.6) is 0 Å². The van der Waals surface area contributed by atoms with Crippen LogP contribution in [-0.4, -0.2) is 33.9 Å². The van der Waals surface area contributed by atoms with Gasteiger partial charge in [-0.05, 0) is 6.92 Å². The van der Waals surface area contributed by atoms with Crippen molar-refractivity contribution in [3.8, 4) is 0 Å². The second-order valence-electron chi connectivity index (χ2n) is 2.43. The van der Waals surface area contributed by atoms with Gasteiger partial charge in [0.1, 0.15) is 5.56 Å². The summed E-state index contributed by atoms with van der Waals surface area (Å²) < 4.78 is 0.957. The number of carbonyl (C=O) groups is 2. The Balaban J connectivity index is 3.09. The van der Waals surface area contributed by atoms with Crippen molar-refractivity contribution in [2.45, 2.75) is 6.92 Å². The first kappa shape index (κ1) is 9.24. The minimum atomic E-state index is -1.09. The molecule has 1 aromatic heterocycles. The predicted molar refractivity (Wildman–Crippen MR) is 43.8 cm³/mol. The molecule has 70 valence electrons. The van der Waals surface area contributed by atoms with Crippen molar-refractivity contribution in [3.63, 3.8) is 0 Å². The lowest BCUT2D eigenvalue weighted by Crippen LogP contribution is -2.24. The Morgan fingerprint density at radius 2 is 2.23 bits per heavy atom. The van der Waals surface area contributed by atoms with E-state index in [2.05, 4.69) is 10.4 Å². The fourth-order valence-electron chi connectivity index (χ4n) is 0.889. The molecule has 0 radical (unpaired) electrons. The fourth-order valence-corrected chi connectivity index (χ4v) is 0.889. The van der Waals surface area contributed by atoms with E-state index in [1.165, 1.54) is 20.2 Å². The van der Waals surface area contributed by atoms with E-state index in [0.717, 1.165) is 4.68 Å². The summed E-state index contributed by atoms with van der Waals surface area (Å²) >= 11 is 0. The number of nitrogens with zero attached hydrogens (tertiary/aromatic N) is 2. The SMILES string of the molecule is CNC(=O)n1cc(C(=O)O)c(C)n1. The number of hydrogen-bond donors (Lipinski definition) is 2. The first-order valence-electron chi connectivity index (χ1n) is 3.58. The van der Waals surface area contributed by atoms with Crippen LogP contribution < -0.4 is 5.32 Å². The molecule has 1 aromatic rings. The minimum absolute atomic E-state index is 0.0311. The van der Waals surface area contributed by atoms with Crippen molar-refractivity contribution in [1.82, 2.24) is 15.1 Å². The van der Waals surface area contributed by atoms with E-state index in [1.54, 1.807) is 0 Å². The van der Waals surface area contributed by atoms with Crippen LogP contribution in [0.1, 0.15) is 16.1 Å². The highest BCUT2D eigenvalue weighted by Gasteiger charge is 2.14. The molecule has 0 spiro atoms. The minimum Gasteiger partial charge on any atom is -0.478 e. The summed E-state index contributed by atoms with van der Waals surface area (Å²) in [5, 5.41) is 14.7. The summed E-state index contributed by atoms with van der Waals surface area (Å²) in [5.41, 5.74) is 0.347. The molecule has 6 nitrogen and oxygen atoms in total. The molecule has 6 heteroatoms. The van der Waals surface area contributed by atoms with Crippen molar-refractivity contribution in [2.75, 3.05) is 7.05 Å². The molecule has 0 bridgehead atoms. The van der Waals surface area contributed by atoms with Gasteiger partial charge in [-0.2, -0.15) is 9.78 Å². The van der Waals surface area contributed by atoms with E-state index < -0.39 is 12.0 Å². The molecule has 1 heterocycles. The van der Waals surface area contributed by atoms with Crippen LogP contribution in [0.2, 0.25) is 0 Å². The van der Waals surface area contributed by atoms with Crippen LogP contribution in [-0.2, 0) is 0 Å². The van der Waals surface area contributed by atoms with Crippen molar-refractivity contribution >= 4 is 12.0 Å². The first-order valence-corrected chi connectivity index (χ1v) is 3.58. The van der Waals surface area contributed by atoms with E-state index in [9.17, 15) is 9.59 Å². The zero-order chi connectivity index (χ0) is 10.0. The maximum Gasteiger partial charge on any atom is 0.341 e. The van der Waals surface area contributed by atoms with E-state index in [0.29, 0.717) is 5.69 Å². The molecule has 0 fully saturated rings. The van der Waals surface area contributed by atoms with Crippen LogP contribution in [0.25, 0.3) is 0 Å². The molecule has 0 aliphatic rings. The normalized spacial score (nSPS) is 9.69. The lowest BCUT2D eigenvalue weighted by molar-refractivity contribution is 0.0696. The Morgan fingerprint density at radius 1 is 1.62 bits per heavy atom. The van der Waals surface area contributed by atoms with Gasteiger partial charge in [-0.3, -0.25) is 0 Å². The zero-order valence-corrected chi connectivity index (χ0v) is 7.24. The third kappa shape index (κ3) is 1.66. The van der Waals surface area contributed by atoms with Gasteiger partial charge in [-0.25, -0.2) is 9.59 Å². The quantitative estimate of drug-likeness (QED) is 0.645. The molecule has 0 aliphatic carbocycles. The third-order valence-corrected chi connectivity index (χ3v) is 1.55. The topological polar surface area (TPSA) is 84.2 Å². The molecule has 1 rings (SSSR count). The highest BCUT2D eigenvalue weighted by Crippen LogP contribution is 2.04. The van der Waals surface area contributed by atoms with Gasteiger partial charge in [-0.1, -0.05) is 0 Å². The Labute approximate surface area is 74.2 Å². The van der Waals surface area contributed by atoms with Gasteiger partial charge in [0.25, 0.3) is 0 Å². The number of amides is 1. The second kappa shape index (κ2) is 3.26. The molecular formula is C7H9N3O3. The maximum atomic E-state index is 11.0. The van der Waals surface area contributed by atoms with E-state index >= 15 is 0 Å². The van der Waals surface area contributed by atoms with Crippen molar-refractivity contribution in [2.24, 2.45) is 0 Å². The van der Waals surface area contributed by atoms with Gasteiger partial charge in [0, 0.05) is 7.05 Å². The number of hydrogen-bond acceptors (Lipinski definition) is 3. The molecule has 0 unspecified atom stereocenters. The van der Waals surface area contributed by atoms with E-state index in [1.807, 2.05) is 0 Å². The molecule has 2 N–H and O–H groups in total. The highest BCUT2D eigenvalue weighted by molar-refractivity contribution is 5.89. The summed E-state index contributed by atoms with van der Waals surface area (Å²) in [6.45, 7) is 1.53. The fraction of sp³-hybridized carbons (Fsp3) is 0.286. The summed E-state index contributed by atoms with van der Waals surface area (Å²) in [7, 11) is 1.44. The molecule has 0 aromatic carbocycles. The maximum absolute atomic E-state index is 11.0. The van der Waals surface area contributed by atoms with Gasteiger partial charge >= 0.3 is 12.0 Å². The molecule has 0 saturated carbocycles. The first-order chi connectivity index (χ1) is 6.06. The van der Waals surface area contributed by atoms with Gasteiger partial charge in [0.15, 0.2) is 0 Å². The van der Waals surface area contributed by atoms with Crippen LogP contribution in [0.3, 0.4) is 0 Å². The van der Waals surface area contributed by atoms with Crippen LogP contribution in [0, 0.1) is 6.92 Å². The Morgan fingerprint density at radius 3 is 2.62 bits per heavy atom. The number of rotatable bonds is 1. The molecule has 1 amide bonds. The zero-order valence-electron chi connectivity index (χ0n) is 7.24. The molecule has 13 heavy (non-hydrogen) atoms. The van der Waals surface area contributed by atoms with Crippen LogP contribution in [0.15, 0.2) is 6.20 Å². The average molecular weight is 183 g/mol. The number of nitrogens with one attached hydrogen (secondary N) is 1. The largest absolute Gasteiger partial charge is 0.478 e. The van der Waals surface area contributed by atoms with Gasteiger partial charge < -0.3 is 10.4 Å². The van der Waals surface area contributed by atoms with Gasteiger partial charge in [0.2, 0.25) is 0 Å². The van der Waals surface area contributed by atoms with Crippen LogP contribution >= 0.6 is 0 Å². The number of carbonyl (C=O) groups excluding carboxylic acids is 1. The van der Waals surface area contributed by atoms with Gasteiger partial charge in [0.05, 0.1) is 11.9 Å². The number of aromatic nitrogens is 2. The summed E-state index contributed by atoms with van der Waals surface area (Å²) in [6, 6.07) is -0.462. The number of aryl methyl sites for hydroxylation is 1. The average Bonchev–Trinajstić information content (AvgIpc) is 2.46. The number of carboxylic acid groups (broad SMARTS) is 1. The van der Waals surface area contributed by atoms with Crippen molar-refractivity contribution < 1.29 is 14.7 Å². The smallest absolute Gasteiger partial charge is 0.341 e. The van der Waals surface area contributed by atoms with E-state index in [4.69, 9.17) is 5.11 Å². The van der Waals surface area contributed by atoms with Crippen molar-refractivity contribution in [3.05, 3.63) is 17.5 Å². The number of aromatic carboxylic acids is 1. The van der Waals surface area contributed by atoms with E-state index in [-0.39, 0.29) is 5.56 Å². The number of carboxylic acids is 1. The molecule has 0 aliphatic heterocycles. The molecule has 0 atom stereocenters. The third-order valence-electron chi connectivity index (χ3n) is 1.55. The molecular weight excluding hydrogens is 174 g/mol. The monoisotopic (exact) mass is 183 g/mol. The van der Waals surface area contributed by atoms with Crippen LogP contribution in [0.4, 0.5) is 4.79 Å². The molecule has 0 saturated heterocycles. The highest BCUT2D eigenvalue weighted by atomic mass is 16.4. The lowest BCUT2D eigenvalue weighted by atomic mass is 10.3. The standard InChI is InChI=1S/C7H9N3O3/c1-4-5(6(11)12)3-10(9-4)7(13)8-2/h3H,1-2H3,(H,8,13)(H,11,12). The Kier molecular flexibility index (Phi) is 2.32. The summed E-state index contributed by atoms with van der Waals surface area (Å²) in [4.78, 5) is 21.6. The Bertz CT molecular complexity index is 356. The second-order valence-corrected chi connectivity index (χ2v) is 2.43. The van der Waals surface area contributed by atoms with Gasteiger partial charge in [-0.15, -0.1) is 0 Å². The van der Waals surface area contributed by atoms with Crippen molar-refractivity contribution in [1.29, 1.82) is 0 Å².